The molecule has 0 unspecified atom stereocenters. The number of aromatic nitrogens is 2. The third kappa shape index (κ3) is 5.66. The Morgan fingerprint density at radius 1 is 0.879 bits per heavy atom. The van der Waals surface area contributed by atoms with Crippen molar-refractivity contribution in [2.24, 2.45) is 0 Å². The van der Waals surface area contributed by atoms with Gasteiger partial charge in [0.15, 0.2) is 5.82 Å². The number of hydrogen-bond acceptors (Lipinski definition) is 6. The molecular weight excluding hydrogens is 430 g/mol. The molecule has 0 bridgehead atoms. The van der Waals surface area contributed by atoms with Crippen LogP contribution in [0.5, 0.6) is 0 Å². The van der Waals surface area contributed by atoms with Gasteiger partial charge in [0.1, 0.15) is 5.03 Å². The average Bonchev–Trinajstić information content (AvgIpc) is 2.81. The number of anilines is 3. The summed E-state index contributed by atoms with van der Waals surface area (Å²) in [5.74, 6) is 1.12. The van der Waals surface area contributed by atoms with Crippen molar-refractivity contribution in [3.63, 3.8) is 0 Å². The van der Waals surface area contributed by atoms with Gasteiger partial charge in [-0.05, 0) is 56.5 Å². The van der Waals surface area contributed by atoms with Gasteiger partial charge in [-0.3, -0.25) is 4.79 Å². The molecule has 0 radical (unpaired) electrons. The number of rotatable bonds is 6. The van der Waals surface area contributed by atoms with E-state index in [0.29, 0.717) is 5.75 Å². The van der Waals surface area contributed by atoms with Crippen LogP contribution in [-0.4, -0.2) is 47.8 Å². The third-order valence-corrected chi connectivity index (χ3v) is 6.90. The van der Waals surface area contributed by atoms with E-state index in [-0.39, 0.29) is 5.91 Å². The number of amides is 1. The molecule has 1 aliphatic rings. The van der Waals surface area contributed by atoms with Crippen molar-refractivity contribution in [3.05, 3.63) is 71.0 Å². The molecule has 2 aromatic carbocycles. The minimum atomic E-state index is -0.0386. The van der Waals surface area contributed by atoms with Crippen molar-refractivity contribution in [2.75, 3.05) is 47.0 Å². The molecule has 6 nitrogen and oxygen atoms in total. The Labute approximate surface area is 200 Å². The predicted molar refractivity (Wildman–Crippen MR) is 138 cm³/mol. The Morgan fingerprint density at radius 3 is 2.30 bits per heavy atom. The maximum absolute atomic E-state index is 12.6. The number of carbonyl (C=O) groups excluding carboxylic acids is 1. The summed E-state index contributed by atoms with van der Waals surface area (Å²) in [7, 11) is 0. The standard InChI is InChI=1S/C26H31N5OS/c1-18-6-8-22(21(4)15-18)29-24(32)17-33-26-25(27-9-10-28-26)31-13-11-30(12-14-31)23-16-19(2)5-7-20(23)3/h5-10,15-16H,11-14,17H2,1-4H3,(H,29,32). The van der Waals surface area contributed by atoms with Crippen LogP contribution in [0.1, 0.15) is 22.3 Å². The fourth-order valence-corrected chi connectivity index (χ4v) is 4.92. The van der Waals surface area contributed by atoms with Gasteiger partial charge < -0.3 is 15.1 Å². The van der Waals surface area contributed by atoms with E-state index in [9.17, 15) is 4.79 Å². The number of hydrogen-bond donors (Lipinski definition) is 1. The fourth-order valence-electron chi connectivity index (χ4n) is 4.13. The smallest absolute Gasteiger partial charge is 0.234 e. The van der Waals surface area contributed by atoms with Crippen LogP contribution in [0.3, 0.4) is 0 Å². The molecule has 33 heavy (non-hydrogen) atoms. The molecule has 0 saturated carbocycles. The first-order chi connectivity index (χ1) is 15.9. The molecule has 3 aromatic rings. The van der Waals surface area contributed by atoms with E-state index in [1.165, 1.54) is 34.1 Å². The first-order valence-corrected chi connectivity index (χ1v) is 12.3. The molecule has 0 atom stereocenters. The maximum Gasteiger partial charge on any atom is 0.234 e. The van der Waals surface area contributed by atoms with E-state index >= 15 is 0 Å². The number of benzene rings is 2. The van der Waals surface area contributed by atoms with E-state index in [1.54, 1.807) is 12.4 Å². The molecule has 1 N–H and O–H groups in total. The minimum Gasteiger partial charge on any atom is -0.368 e. The number of carbonyl (C=O) groups is 1. The van der Waals surface area contributed by atoms with E-state index in [0.717, 1.165) is 48.3 Å². The van der Waals surface area contributed by atoms with E-state index in [1.807, 2.05) is 26.0 Å². The Balaban J connectivity index is 1.38. The summed E-state index contributed by atoms with van der Waals surface area (Å²) in [5, 5.41) is 3.81. The van der Waals surface area contributed by atoms with Crippen LogP contribution in [0, 0.1) is 27.7 Å². The van der Waals surface area contributed by atoms with Crippen molar-refractivity contribution in [1.29, 1.82) is 0 Å². The van der Waals surface area contributed by atoms with Crippen LogP contribution in [0.2, 0.25) is 0 Å². The van der Waals surface area contributed by atoms with Gasteiger partial charge in [0.05, 0.1) is 5.75 Å². The third-order valence-electron chi connectivity index (χ3n) is 5.93. The zero-order valence-electron chi connectivity index (χ0n) is 19.8. The maximum atomic E-state index is 12.6. The van der Waals surface area contributed by atoms with Gasteiger partial charge in [-0.1, -0.05) is 41.6 Å². The highest BCUT2D eigenvalue weighted by Crippen LogP contribution is 2.29. The highest BCUT2D eigenvalue weighted by Gasteiger charge is 2.22. The van der Waals surface area contributed by atoms with Gasteiger partial charge in [-0.15, -0.1) is 0 Å². The molecule has 1 amide bonds. The molecule has 1 aromatic heterocycles. The Kier molecular flexibility index (Phi) is 7.18. The summed E-state index contributed by atoms with van der Waals surface area (Å²) < 4.78 is 0. The lowest BCUT2D eigenvalue weighted by Crippen LogP contribution is -2.47. The molecule has 0 spiro atoms. The van der Waals surface area contributed by atoms with Crippen LogP contribution in [0.15, 0.2) is 53.8 Å². The minimum absolute atomic E-state index is 0.0386. The Bertz CT molecular complexity index is 1140. The first-order valence-electron chi connectivity index (χ1n) is 11.3. The molecule has 4 rings (SSSR count). The first kappa shape index (κ1) is 23.1. The fraction of sp³-hybridized carbons (Fsp3) is 0.346. The van der Waals surface area contributed by atoms with Crippen LogP contribution in [-0.2, 0) is 4.79 Å². The molecule has 0 aliphatic carbocycles. The number of nitrogens with one attached hydrogen (secondary N) is 1. The SMILES string of the molecule is Cc1ccc(NC(=O)CSc2nccnc2N2CCN(c3cc(C)ccc3C)CC2)c(C)c1. The molecule has 7 heteroatoms. The molecule has 1 fully saturated rings. The highest BCUT2D eigenvalue weighted by atomic mass is 32.2. The molecule has 1 aliphatic heterocycles. The van der Waals surface area contributed by atoms with Crippen molar-refractivity contribution < 1.29 is 4.79 Å². The Hall–Kier alpha value is -3.06. The van der Waals surface area contributed by atoms with Crippen molar-refractivity contribution in [3.8, 4) is 0 Å². The number of aryl methyl sites for hydroxylation is 4. The molecule has 2 heterocycles. The largest absolute Gasteiger partial charge is 0.368 e. The van der Waals surface area contributed by atoms with Gasteiger partial charge in [-0.2, -0.15) is 0 Å². The van der Waals surface area contributed by atoms with E-state index < -0.39 is 0 Å². The van der Waals surface area contributed by atoms with Crippen molar-refractivity contribution >= 4 is 34.9 Å². The zero-order chi connectivity index (χ0) is 23.4. The number of thioether (sulfide) groups is 1. The Morgan fingerprint density at radius 2 is 1.55 bits per heavy atom. The topological polar surface area (TPSA) is 61.4 Å². The summed E-state index contributed by atoms with van der Waals surface area (Å²) in [6.07, 6.45) is 3.42. The van der Waals surface area contributed by atoms with Crippen molar-refractivity contribution in [1.82, 2.24) is 9.97 Å². The molecular formula is C26H31N5OS. The molecule has 172 valence electrons. The number of nitrogens with zero attached hydrogens (tertiary/aromatic N) is 4. The van der Waals surface area contributed by atoms with Crippen molar-refractivity contribution in [2.45, 2.75) is 32.7 Å². The van der Waals surface area contributed by atoms with Crippen LogP contribution in [0.25, 0.3) is 0 Å². The van der Waals surface area contributed by atoms with Crippen LogP contribution < -0.4 is 15.1 Å². The van der Waals surface area contributed by atoms with E-state index in [4.69, 9.17) is 0 Å². The normalized spacial score (nSPS) is 13.8. The second-order valence-corrected chi connectivity index (χ2v) is 9.57. The van der Waals surface area contributed by atoms with Gasteiger partial charge >= 0.3 is 0 Å². The quantitative estimate of drug-likeness (QED) is 0.534. The lowest BCUT2D eigenvalue weighted by molar-refractivity contribution is -0.113. The summed E-state index contributed by atoms with van der Waals surface area (Å²) in [5.41, 5.74) is 7.00. The number of piperazine rings is 1. The van der Waals surface area contributed by atoms with E-state index in [2.05, 4.69) is 63.2 Å². The highest BCUT2D eigenvalue weighted by molar-refractivity contribution is 8.00. The summed E-state index contributed by atoms with van der Waals surface area (Å²) >= 11 is 1.44. The summed E-state index contributed by atoms with van der Waals surface area (Å²) in [6, 6.07) is 12.7. The average molecular weight is 462 g/mol. The molecule has 1 saturated heterocycles. The second-order valence-electron chi connectivity index (χ2n) is 8.60. The summed E-state index contributed by atoms with van der Waals surface area (Å²) in [6.45, 7) is 12.0. The van der Waals surface area contributed by atoms with Gasteiger partial charge in [-0.25, -0.2) is 9.97 Å². The van der Waals surface area contributed by atoms with Gasteiger partial charge in [0.25, 0.3) is 0 Å². The monoisotopic (exact) mass is 461 g/mol. The lowest BCUT2D eigenvalue weighted by Gasteiger charge is -2.37. The second kappa shape index (κ2) is 10.3. The lowest BCUT2D eigenvalue weighted by atomic mass is 10.1. The van der Waals surface area contributed by atoms with Gasteiger partial charge in [0, 0.05) is 49.9 Å². The summed E-state index contributed by atoms with van der Waals surface area (Å²) in [4.78, 5) is 26.4. The van der Waals surface area contributed by atoms with Crippen LogP contribution in [0.4, 0.5) is 17.2 Å². The zero-order valence-corrected chi connectivity index (χ0v) is 20.6. The van der Waals surface area contributed by atoms with Gasteiger partial charge in [0.2, 0.25) is 5.91 Å². The predicted octanol–water partition coefficient (Wildman–Crippen LogP) is 4.77. The van der Waals surface area contributed by atoms with Crippen LogP contribution >= 0.6 is 11.8 Å².